The monoisotopic (exact) mass is 311 g/mol. The van der Waals surface area contributed by atoms with Crippen LogP contribution in [0.2, 0.25) is 0 Å². The average Bonchev–Trinajstić information content (AvgIpc) is 2.91. The molecule has 3 nitrogen and oxygen atoms in total. The molecule has 1 aliphatic heterocycles. The standard InChI is InChI=1S/C20H25NO2/c1-20(16-22)12-19(23-15-18-10-6-3-7-11-18)14-21(20)13-17-8-4-2-5-9-17/h2-11,19,22H,12-16H2,1H3/t19-,20+/m1/s1. The summed E-state index contributed by atoms with van der Waals surface area (Å²) in [6, 6.07) is 20.7. The molecule has 0 bridgehead atoms. The van der Waals surface area contributed by atoms with E-state index in [4.69, 9.17) is 4.74 Å². The second kappa shape index (κ2) is 7.26. The number of ether oxygens (including phenoxy) is 1. The van der Waals surface area contributed by atoms with Crippen molar-refractivity contribution >= 4 is 0 Å². The molecule has 0 amide bonds. The molecule has 2 aromatic carbocycles. The van der Waals surface area contributed by atoms with Gasteiger partial charge in [0.05, 0.1) is 19.3 Å². The first-order valence-corrected chi connectivity index (χ1v) is 8.25. The summed E-state index contributed by atoms with van der Waals surface area (Å²) < 4.78 is 6.10. The van der Waals surface area contributed by atoms with Crippen LogP contribution in [-0.4, -0.2) is 34.8 Å². The van der Waals surface area contributed by atoms with E-state index in [0.29, 0.717) is 6.61 Å². The van der Waals surface area contributed by atoms with Gasteiger partial charge in [-0.15, -0.1) is 0 Å². The first-order chi connectivity index (χ1) is 11.2. The highest BCUT2D eigenvalue weighted by atomic mass is 16.5. The third-order valence-electron chi connectivity index (χ3n) is 4.74. The van der Waals surface area contributed by atoms with E-state index in [0.717, 1.165) is 19.5 Å². The molecule has 0 unspecified atom stereocenters. The van der Waals surface area contributed by atoms with E-state index in [1.54, 1.807) is 0 Å². The smallest absolute Gasteiger partial charge is 0.0725 e. The average molecular weight is 311 g/mol. The zero-order chi connectivity index (χ0) is 16.1. The lowest BCUT2D eigenvalue weighted by atomic mass is 9.99. The first-order valence-electron chi connectivity index (χ1n) is 8.25. The lowest BCUT2D eigenvalue weighted by Gasteiger charge is -2.33. The molecule has 0 aromatic heterocycles. The Morgan fingerprint density at radius 3 is 2.26 bits per heavy atom. The summed E-state index contributed by atoms with van der Waals surface area (Å²) in [6.07, 6.45) is 1.03. The largest absolute Gasteiger partial charge is 0.394 e. The minimum Gasteiger partial charge on any atom is -0.394 e. The van der Waals surface area contributed by atoms with E-state index in [-0.39, 0.29) is 18.2 Å². The first kappa shape index (κ1) is 16.2. The van der Waals surface area contributed by atoms with E-state index in [1.807, 2.05) is 24.3 Å². The molecule has 2 aromatic rings. The van der Waals surface area contributed by atoms with Crippen molar-refractivity contribution in [2.45, 2.75) is 38.1 Å². The summed E-state index contributed by atoms with van der Waals surface area (Å²) in [5, 5.41) is 9.88. The highest BCUT2D eigenvalue weighted by Crippen LogP contribution is 2.32. The van der Waals surface area contributed by atoms with E-state index < -0.39 is 0 Å². The topological polar surface area (TPSA) is 32.7 Å². The van der Waals surface area contributed by atoms with E-state index in [9.17, 15) is 5.11 Å². The van der Waals surface area contributed by atoms with Crippen LogP contribution in [0.4, 0.5) is 0 Å². The number of aliphatic hydroxyl groups excluding tert-OH is 1. The van der Waals surface area contributed by atoms with Crippen molar-refractivity contribution in [2.24, 2.45) is 0 Å². The molecule has 3 heteroatoms. The summed E-state index contributed by atoms with van der Waals surface area (Å²) in [7, 11) is 0. The Morgan fingerprint density at radius 1 is 1.04 bits per heavy atom. The van der Waals surface area contributed by atoms with Gasteiger partial charge in [-0.3, -0.25) is 4.90 Å². The highest BCUT2D eigenvalue weighted by Gasteiger charge is 2.41. The fourth-order valence-electron chi connectivity index (χ4n) is 3.27. The summed E-state index contributed by atoms with van der Waals surface area (Å²) >= 11 is 0. The van der Waals surface area contributed by atoms with Gasteiger partial charge in [0, 0.05) is 18.6 Å². The summed E-state index contributed by atoms with van der Waals surface area (Å²) in [5.41, 5.74) is 2.26. The number of hydrogen-bond donors (Lipinski definition) is 1. The zero-order valence-corrected chi connectivity index (χ0v) is 13.7. The van der Waals surface area contributed by atoms with E-state index >= 15 is 0 Å². The van der Waals surface area contributed by atoms with Crippen molar-refractivity contribution in [3.63, 3.8) is 0 Å². The molecule has 3 rings (SSSR count). The van der Waals surface area contributed by atoms with Crippen molar-refractivity contribution in [3.8, 4) is 0 Å². The predicted octanol–water partition coefficient (Wildman–Crippen LogP) is 3.23. The molecule has 1 N–H and O–H groups in total. The Hall–Kier alpha value is -1.68. The van der Waals surface area contributed by atoms with Crippen LogP contribution in [0.1, 0.15) is 24.5 Å². The molecule has 0 radical (unpaired) electrons. The highest BCUT2D eigenvalue weighted by molar-refractivity contribution is 5.16. The zero-order valence-electron chi connectivity index (χ0n) is 13.7. The Balaban J connectivity index is 1.62. The molecular formula is C20H25NO2. The van der Waals surface area contributed by atoms with Crippen LogP contribution in [0.3, 0.4) is 0 Å². The maximum absolute atomic E-state index is 9.88. The summed E-state index contributed by atoms with van der Waals surface area (Å²) in [5.74, 6) is 0. The van der Waals surface area contributed by atoms with Gasteiger partial charge in [-0.25, -0.2) is 0 Å². The number of likely N-dealkylation sites (tertiary alicyclic amines) is 1. The van der Waals surface area contributed by atoms with Gasteiger partial charge in [0.2, 0.25) is 0 Å². The molecule has 0 saturated carbocycles. The van der Waals surface area contributed by atoms with Crippen molar-refractivity contribution in [3.05, 3.63) is 71.8 Å². The summed E-state index contributed by atoms with van der Waals surface area (Å²) in [6.45, 7) is 4.63. The number of nitrogens with zero attached hydrogens (tertiary/aromatic N) is 1. The third-order valence-corrected chi connectivity index (χ3v) is 4.74. The van der Waals surface area contributed by atoms with Gasteiger partial charge in [-0.05, 0) is 24.5 Å². The minimum atomic E-state index is -0.211. The number of benzene rings is 2. The molecule has 1 saturated heterocycles. The van der Waals surface area contributed by atoms with Gasteiger partial charge in [0.1, 0.15) is 0 Å². The molecular weight excluding hydrogens is 286 g/mol. The Morgan fingerprint density at radius 2 is 1.65 bits per heavy atom. The normalized spacial score (nSPS) is 24.9. The van der Waals surface area contributed by atoms with Gasteiger partial charge >= 0.3 is 0 Å². The molecule has 1 aliphatic rings. The Bertz CT molecular complexity index is 602. The predicted molar refractivity (Wildman–Crippen MR) is 92.0 cm³/mol. The molecule has 1 heterocycles. The SMILES string of the molecule is C[C@@]1(CO)C[C@@H](OCc2ccccc2)CN1Cc1ccccc1. The van der Waals surface area contributed by atoms with Gasteiger partial charge in [0.15, 0.2) is 0 Å². The second-order valence-corrected chi connectivity index (χ2v) is 6.64. The molecule has 1 fully saturated rings. The van der Waals surface area contributed by atoms with Crippen LogP contribution in [0.25, 0.3) is 0 Å². The number of aliphatic hydroxyl groups is 1. The van der Waals surface area contributed by atoms with E-state index in [2.05, 4.69) is 48.2 Å². The fourth-order valence-corrected chi connectivity index (χ4v) is 3.27. The molecule has 122 valence electrons. The van der Waals surface area contributed by atoms with Crippen LogP contribution in [0.5, 0.6) is 0 Å². The van der Waals surface area contributed by atoms with Gasteiger partial charge in [-0.1, -0.05) is 60.7 Å². The fraction of sp³-hybridized carbons (Fsp3) is 0.400. The lowest BCUT2D eigenvalue weighted by molar-refractivity contribution is 0.0457. The second-order valence-electron chi connectivity index (χ2n) is 6.64. The Labute approximate surface area is 138 Å². The number of rotatable bonds is 6. The quantitative estimate of drug-likeness (QED) is 0.889. The number of hydrogen-bond acceptors (Lipinski definition) is 3. The molecule has 0 spiro atoms. The molecule has 2 atom stereocenters. The lowest BCUT2D eigenvalue weighted by Crippen LogP contribution is -2.43. The van der Waals surface area contributed by atoms with Gasteiger partial charge in [0.25, 0.3) is 0 Å². The van der Waals surface area contributed by atoms with Gasteiger partial charge in [-0.2, -0.15) is 0 Å². The maximum Gasteiger partial charge on any atom is 0.0725 e. The van der Waals surface area contributed by atoms with Crippen LogP contribution in [-0.2, 0) is 17.9 Å². The maximum atomic E-state index is 9.88. The van der Waals surface area contributed by atoms with Crippen LogP contribution >= 0.6 is 0 Å². The summed E-state index contributed by atoms with van der Waals surface area (Å²) in [4.78, 5) is 2.35. The van der Waals surface area contributed by atoms with E-state index in [1.165, 1.54) is 11.1 Å². The van der Waals surface area contributed by atoms with Crippen molar-refractivity contribution in [1.29, 1.82) is 0 Å². The van der Waals surface area contributed by atoms with Crippen molar-refractivity contribution in [1.82, 2.24) is 4.90 Å². The molecule has 23 heavy (non-hydrogen) atoms. The van der Waals surface area contributed by atoms with Crippen LogP contribution < -0.4 is 0 Å². The van der Waals surface area contributed by atoms with Crippen LogP contribution in [0, 0.1) is 0 Å². The Kier molecular flexibility index (Phi) is 5.11. The van der Waals surface area contributed by atoms with Gasteiger partial charge < -0.3 is 9.84 Å². The van der Waals surface area contributed by atoms with Crippen molar-refractivity contribution in [2.75, 3.05) is 13.2 Å². The third kappa shape index (κ3) is 3.99. The van der Waals surface area contributed by atoms with Crippen LogP contribution in [0.15, 0.2) is 60.7 Å². The molecule has 0 aliphatic carbocycles. The minimum absolute atomic E-state index is 0.158. The van der Waals surface area contributed by atoms with Crippen molar-refractivity contribution < 1.29 is 9.84 Å².